The number of ether oxygens (including phenoxy) is 1. The molecule has 2 aromatic rings. The number of hydrogen-bond donors (Lipinski definition) is 3. The number of benzene rings is 1. The number of alkyl halides is 2. The molecule has 31 heavy (non-hydrogen) atoms. The summed E-state index contributed by atoms with van der Waals surface area (Å²) in [6.45, 7) is -0.321. The summed E-state index contributed by atoms with van der Waals surface area (Å²) in [5.74, 6) is -5.05. The van der Waals surface area contributed by atoms with E-state index in [9.17, 15) is 33.5 Å². The van der Waals surface area contributed by atoms with Crippen LogP contribution in [0.1, 0.15) is 28.7 Å². The van der Waals surface area contributed by atoms with Gasteiger partial charge in [0.2, 0.25) is 11.8 Å². The quantitative estimate of drug-likeness (QED) is 0.326. The predicted molar refractivity (Wildman–Crippen MR) is 100 cm³/mol. The lowest BCUT2D eigenvalue weighted by Crippen LogP contribution is -2.58. The molecule has 0 unspecified atom stereocenters. The Kier molecular flexibility index (Phi) is 6.20. The molecule has 4 amide bonds. The first-order chi connectivity index (χ1) is 14.6. The molecule has 0 spiro atoms. The van der Waals surface area contributed by atoms with Gasteiger partial charge in [0, 0.05) is 13.8 Å². The minimum Gasteiger partial charge on any atom is -0.711 e. The molecule has 10 nitrogen and oxygen atoms in total. The molecule has 0 aliphatic carbocycles. The van der Waals surface area contributed by atoms with Gasteiger partial charge in [0.1, 0.15) is 35.5 Å². The molecule has 0 radical (unpaired) electrons. The van der Waals surface area contributed by atoms with Crippen molar-refractivity contribution in [3.63, 3.8) is 0 Å². The largest absolute Gasteiger partial charge is 0.711 e. The number of halogens is 2. The van der Waals surface area contributed by atoms with Crippen LogP contribution in [0.2, 0.25) is 0 Å². The Morgan fingerprint density at radius 1 is 1.23 bits per heavy atom. The van der Waals surface area contributed by atoms with E-state index < -0.39 is 36.3 Å². The van der Waals surface area contributed by atoms with E-state index in [2.05, 4.69) is 4.74 Å². The minimum absolute atomic E-state index is 0.0180. The van der Waals surface area contributed by atoms with Gasteiger partial charge >= 0.3 is 12.6 Å². The van der Waals surface area contributed by atoms with Crippen LogP contribution in [0.25, 0.3) is 0 Å². The summed E-state index contributed by atoms with van der Waals surface area (Å²) in [5.41, 5.74) is 0.905. The van der Waals surface area contributed by atoms with Crippen LogP contribution in [-0.2, 0) is 16.1 Å². The van der Waals surface area contributed by atoms with Crippen molar-refractivity contribution in [1.82, 2.24) is 15.2 Å². The number of carbonyl (C=O) groups is 3. The maximum absolute atomic E-state index is 13.0. The molecule has 1 aliphatic heterocycles. The van der Waals surface area contributed by atoms with Crippen LogP contribution in [0.4, 0.5) is 13.6 Å². The van der Waals surface area contributed by atoms with Crippen molar-refractivity contribution in [2.45, 2.75) is 32.9 Å². The second-order valence-electron chi connectivity index (χ2n) is 6.91. The number of barbiturate groups is 1. The zero-order valence-corrected chi connectivity index (χ0v) is 16.6. The minimum atomic E-state index is -3.11. The van der Waals surface area contributed by atoms with Crippen molar-refractivity contribution in [1.29, 1.82) is 0 Å². The Labute approximate surface area is 175 Å². The molecule has 2 heterocycles. The van der Waals surface area contributed by atoms with Crippen molar-refractivity contribution >= 4 is 17.8 Å². The van der Waals surface area contributed by atoms with Crippen molar-refractivity contribution in [2.24, 2.45) is 5.92 Å². The Morgan fingerprint density at radius 3 is 2.45 bits per heavy atom. The van der Waals surface area contributed by atoms with E-state index in [1.165, 1.54) is 35.8 Å². The fourth-order valence-electron chi connectivity index (χ4n) is 3.68. The SMILES string of the molecule is Cc1c(C)[n+]([O-])c([C@H](c2cccc(OC(F)F)c2)C2C(=O)NC(=O)NC2=O)n1CCO. The highest BCUT2D eigenvalue weighted by Crippen LogP contribution is 2.35. The van der Waals surface area contributed by atoms with Crippen LogP contribution in [0.5, 0.6) is 5.75 Å². The number of rotatable bonds is 7. The Morgan fingerprint density at radius 2 is 1.87 bits per heavy atom. The summed E-state index contributed by atoms with van der Waals surface area (Å²) >= 11 is 0. The number of aliphatic hydroxyl groups excluding tert-OH is 1. The van der Waals surface area contributed by atoms with E-state index in [0.29, 0.717) is 10.4 Å². The molecule has 3 rings (SSSR count). The van der Waals surface area contributed by atoms with Gasteiger partial charge in [0.15, 0.2) is 0 Å². The summed E-state index contributed by atoms with van der Waals surface area (Å²) in [7, 11) is 0. The van der Waals surface area contributed by atoms with Crippen LogP contribution >= 0.6 is 0 Å². The number of carbonyl (C=O) groups excluding carboxylic acids is 3. The molecule has 0 bridgehead atoms. The lowest BCUT2D eigenvalue weighted by Gasteiger charge is -2.28. The number of hydrogen-bond acceptors (Lipinski definition) is 6. The first-order valence-electron chi connectivity index (χ1n) is 9.26. The fourth-order valence-corrected chi connectivity index (χ4v) is 3.68. The third-order valence-corrected chi connectivity index (χ3v) is 5.13. The Hall–Kier alpha value is -3.54. The summed E-state index contributed by atoms with van der Waals surface area (Å²) in [4.78, 5) is 36.8. The van der Waals surface area contributed by atoms with Gasteiger partial charge in [0.25, 0.3) is 5.82 Å². The van der Waals surface area contributed by atoms with E-state index in [0.717, 1.165) is 0 Å². The number of imidazole rings is 1. The van der Waals surface area contributed by atoms with E-state index in [-0.39, 0.29) is 36.0 Å². The topological polar surface area (TPSA) is 137 Å². The standard InChI is InChI=1S/C19H20F2N4O6/c1-9-10(2)25(30)17(24(9)6-7-26)13(14-15(27)22-19(29)23-16(14)28)11-4-3-5-12(8-11)31-18(20)21/h3-5,8,13-14,18,26H,6-7H2,1-2H3,(H2,22,23,27,28,29)/t13-/m1/s1. The number of aliphatic hydroxyl groups is 1. The van der Waals surface area contributed by atoms with Crippen LogP contribution in [0.15, 0.2) is 24.3 Å². The number of imide groups is 2. The lowest BCUT2D eigenvalue weighted by atomic mass is 9.83. The van der Waals surface area contributed by atoms with Crippen molar-refractivity contribution in [3.05, 3.63) is 52.2 Å². The maximum Gasteiger partial charge on any atom is 0.387 e. The number of nitrogens with one attached hydrogen (secondary N) is 2. The molecule has 1 aliphatic rings. The first-order valence-corrected chi connectivity index (χ1v) is 9.26. The smallest absolute Gasteiger partial charge is 0.387 e. The monoisotopic (exact) mass is 438 g/mol. The zero-order valence-electron chi connectivity index (χ0n) is 16.6. The Bertz CT molecular complexity index is 1020. The van der Waals surface area contributed by atoms with Crippen molar-refractivity contribution < 1.29 is 37.7 Å². The predicted octanol–water partition coefficient (Wildman–Crippen LogP) is 0.446. The molecule has 1 atom stereocenters. The van der Waals surface area contributed by atoms with Crippen LogP contribution in [0, 0.1) is 25.0 Å². The summed E-state index contributed by atoms with van der Waals surface area (Å²) in [6, 6.07) is 4.26. The second-order valence-corrected chi connectivity index (χ2v) is 6.91. The van der Waals surface area contributed by atoms with Crippen molar-refractivity contribution in [2.75, 3.05) is 6.61 Å². The third kappa shape index (κ3) is 4.19. The van der Waals surface area contributed by atoms with E-state index in [4.69, 9.17) is 0 Å². The molecular weight excluding hydrogens is 418 g/mol. The van der Waals surface area contributed by atoms with Crippen LogP contribution < -0.4 is 20.1 Å². The zero-order chi connectivity index (χ0) is 22.9. The van der Waals surface area contributed by atoms with Gasteiger partial charge in [-0.2, -0.15) is 8.78 Å². The molecule has 1 fully saturated rings. The van der Waals surface area contributed by atoms with Crippen LogP contribution in [0.3, 0.4) is 0 Å². The van der Waals surface area contributed by atoms with Gasteiger partial charge in [-0.15, -0.1) is 0 Å². The molecule has 12 heteroatoms. The number of amides is 4. The highest BCUT2D eigenvalue weighted by Gasteiger charge is 2.47. The van der Waals surface area contributed by atoms with Gasteiger partial charge in [-0.1, -0.05) is 12.1 Å². The maximum atomic E-state index is 13.0. The number of aromatic nitrogens is 2. The number of urea groups is 1. The van der Waals surface area contributed by atoms with E-state index in [1.807, 2.05) is 10.6 Å². The van der Waals surface area contributed by atoms with Gasteiger partial charge < -0.3 is 15.1 Å². The third-order valence-electron chi connectivity index (χ3n) is 5.13. The van der Waals surface area contributed by atoms with Crippen LogP contribution in [-0.4, -0.2) is 40.7 Å². The summed E-state index contributed by atoms with van der Waals surface area (Å²) < 4.78 is 31.8. The molecule has 1 aromatic heterocycles. The first kappa shape index (κ1) is 22.2. The summed E-state index contributed by atoms with van der Waals surface area (Å²) in [5, 5.41) is 26.5. The molecule has 3 N–H and O–H groups in total. The van der Waals surface area contributed by atoms with E-state index >= 15 is 0 Å². The van der Waals surface area contributed by atoms with Gasteiger partial charge in [-0.05, 0) is 17.7 Å². The average molecular weight is 438 g/mol. The van der Waals surface area contributed by atoms with E-state index in [1.54, 1.807) is 6.92 Å². The summed E-state index contributed by atoms with van der Waals surface area (Å²) in [6.07, 6.45) is 0. The normalized spacial score (nSPS) is 15.7. The molecule has 1 saturated heterocycles. The average Bonchev–Trinajstić information content (AvgIpc) is 2.88. The second kappa shape index (κ2) is 8.68. The molecular formula is C19H20F2N4O6. The van der Waals surface area contributed by atoms with Gasteiger partial charge in [-0.25, -0.2) is 14.1 Å². The fraction of sp³-hybridized carbons (Fsp3) is 0.368. The molecule has 1 aromatic carbocycles. The van der Waals surface area contributed by atoms with Crippen molar-refractivity contribution in [3.8, 4) is 5.75 Å². The molecule has 0 saturated carbocycles. The highest BCUT2D eigenvalue weighted by atomic mass is 19.3. The number of nitrogens with zero attached hydrogens (tertiary/aromatic N) is 2. The van der Waals surface area contributed by atoms with Gasteiger partial charge in [0.05, 0.1) is 6.61 Å². The molecule has 166 valence electrons. The van der Waals surface area contributed by atoms with Gasteiger partial charge in [-0.3, -0.25) is 20.2 Å². The lowest BCUT2D eigenvalue weighted by molar-refractivity contribution is -0.621. The Balaban J connectivity index is 2.25. The highest BCUT2D eigenvalue weighted by molar-refractivity contribution is 6.16.